The van der Waals surface area contributed by atoms with Gasteiger partial charge in [-0.05, 0) is 46.0 Å². The van der Waals surface area contributed by atoms with Crippen molar-refractivity contribution in [1.82, 2.24) is 4.98 Å². The normalized spacial score (nSPS) is 27.7. The van der Waals surface area contributed by atoms with Crippen LogP contribution >= 0.6 is 0 Å². The molecule has 3 heteroatoms. The molecular formula is C21H31NO2. The Morgan fingerprint density at radius 1 is 1.33 bits per heavy atom. The average molecular weight is 329 g/mol. The number of hydrogen-bond donors (Lipinski definition) is 1. The van der Waals surface area contributed by atoms with Gasteiger partial charge in [0, 0.05) is 23.6 Å². The number of aryl methyl sites for hydroxylation is 1. The summed E-state index contributed by atoms with van der Waals surface area (Å²) < 4.78 is 6.32. The molecule has 132 valence electrons. The number of nitrogens with one attached hydrogen (secondary N) is 1. The molecule has 2 heterocycles. The van der Waals surface area contributed by atoms with Crippen molar-refractivity contribution in [2.24, 2.45) is 11.8 Å². The first-order valence-corrected chi connectivity index (χ1v) is 9.47. The number of rotatable bonds is 4. The van der Waals surface area contributed by atoms with Crippen LogP contribution in [0.2, 0.25) is 0 Å². The van der Waals surface area contributed by atoms with E-state index in [2.05, 4.69) is 45.7 Å². The van der Waals surface area contributed by atoms with Gasteiger partial charge in [-0.15, -0.1) is 0 Å². The van der Waals surface area contributed by atoms with E-state index >= 15 is 0 Å². The molecule has 0 saturated heterocycles. The van der Waals surface area contributed by atoms with Gasteiger partial charge in [-0.2, -0.15) is 0 Å². The van der Waals surface area contributed by atoms with Crippen LogP contribution in [0, 0.1) is 11.8 Å². The molecule has 1 aliphatic heterocycles. The zero-order chi connectivity index (χ0) is 17.5. The minimum Gasteiger partial charge on any atom is -0.472 e. The number of ether oxygens (including phenoxy) is 1. The van der Waals surface area contributed by atoms with Gasteiger partial charge < -0.3 is 9.72 Å². The van der Waals surface area contributed by atoms with Gasteiger partial charge in [-0.1, -0.05) is 38.3 Å². The van der Waals surface area contributed by atoms with E-state index in [4.69, 9.17) is 4.74 Å². The van der Waals surface area contributed by atoms with Crippen LogP contribution in [0.4, 0.5) is 0 Å². The van der Waals surface area contributed by atoms with E-state index in [1.165, 1.54) is 18.4 Å². The molecule has 24 heavy (non-hydrogen) atoms. The summed E-state index contributed by atoms with van der Waals surface area (Å²) in [6, 6.07) is 1.81. The third-order valence-corrected chi connectivity index (χ3v) is 6.11. The molecule has 1 aromatic rings. The Hall–Kier alpha value is -1.51. The average Bonchev–Trinajstić information content (AvgIpc) is 2.50. The van der Waals surface area contributed by atoms with Crippen LogP contribution in [-0.2, 0) is 6.42 Å². The first kappa shape index (κ1) is 17.3. The highest BCUT2D eigenvalue weighted by Crippen LogP contribution is 2.51. The lowest BCUT2D eigenvalue weighted by Gasteiger charge is -2.48. The van der Waals surface area contributed by atoms with Crippen molar-refractivity contribution in [2.75, 3.05) is 0 Å². The summed E-state index contributed by atoms with van der Waals surface area (Å²) in [5, 5.41) is 0. The van der Waals surface area contributed by atoms with Crippen LogP contribution in [0.15, 0.2) is 22.5 Å². The van der Waals surface area contributed by atoms with Crippen molar-refractivity contribution in [2.45, 2.75) is 78.2 Å². The first-order chi connectivity index (χ1) is 11.3. The fraction of sp³-hybridized carbons (Fsp3) is 0.667. The molecule has 1 N–H and O–H groups in total. The first-order valence-electron chi connectivity index (χ1n) is 9.47. The van der Waals surface area contributed by atoms with Gasteiger partial charge >= 0.3 is 0 Å². The fourth-order valence-corrected chi connectivity index (χ4v) is 4.48. The third kappa shape index (κ3) is 2.94. The highest BCUT2D eigenvalue weighted by molar-refractivity contribution is 5.39. The molecule has 0 radical (unpaired) electrons. The molecule has 3 atom stereocenters. The van der Waals surface area contributed by atoms with E-state index in [9.17, 15) is 4.79 Å². The summed E-state index contributed by atoms with van der Waals surface area (Å²) in [4.78, 5) is 16.4. The summed E-state index contributed by atoms with van der Waals surface area (Å²) >= 11 is 0. The lowest BCUT2D eigenvalue weighted by Crippen LogP contribution is -2.49. The van der Waals surface area contributed by atoms with Gasteiger partial charge in [0.15, 0.2) is 11.3 Å². The summed E-state index contributed by atoms with van der Waals surface area (Å²) in [5.74, 6) is 1.72. The standard InChI is InChI=1S/C21H31NO2/c1-6-7-8-9-15-12-17(23)19-18-14(3)13(2)10-11-16(18)21(4,5)24-20(19)22-15/h10,12,14,16,18H,6-9,11H2,1-5H3,(H,22,23)/t14-,16?,18?/m0/s1. The topological polar surface area (TPSA) is 42.1 Å². The van der Waals surface area contributed by atoms with Crippen molar-refractivity contribution in [3.63, 3.8) is 0 Å². The Labute approximate surface area is 145 Å². The number of unbranched alkanes of at least 4 members (excludes halogenated alkanes) is 2. The van der Waals surface area contributed by atoms with Crippen molar-refractivity contribution >= 4 is 0 Å². The second-order valence-corrected chi connectivity index (χ2v) is 8.17. The molecule has 1 aromatic heterocycles. The Kier molecular flexibility index (Phi) is 4.63. The lowest BCUT2D eigenvalue weighted by atomic mass is 9.63. The van der Waals surface area contributed by atoms with E-state index in [-0.39, 0.29) is 16.9 Å². The molecule has 2 aliphatic rings. The number of pyridine rings is 1. The largest absolute Gasteiger partial charge is 0.472 e. The van der Waals surface area contributed by atoms with Gasteiger partial charge in [-0.3, -0.25) is 4.79 Å². The molecule has 3 nitrogen and oxygen atoms in total. The van der Waals surface area contributed by atoms with Gasteiger partial charge in [0.1, 0.15) is 5.60 Å². The fourth-order valence-electron chi connectivity index (χ4n) is 4.48. The van der Waals surface area contributed by atoms with Crippen LogP contribution in [0.5, 0.6) is 5.88 Å². The maximum Gasteiger partial charge on any atom is 0.199 e. The lowest BCUT2D eigenvalue weighted by molar-refractivity contribution is -0.00541. The molecule has 0 spiro atoms. The molecular weight excluding hydrogens is 298 g/mol. The van der Waals surface area contributed by atoms with Crippen LogP contribution < -0.4 is 10.2 Å². The SMILES string of the molecule is CCCCCc1cc(=O)c2c([nH]1)OC(C)(C)C1CC=C(C)[C@H](C)C21. The van der Waals surface area contributed by atoms with E-state index in [1.807, 2.05) is 6.07 Å². The minimum atomic E-state index is -0.256. The van der Waals surface area contributed by atoms with Crippen molar-refractivity contribution < 1.29 is 4.74 Å². The molecule has 0 fully saturated rings. The summed E-state index contributed by atoms with van der Waals surface area (Å²) in [6.07, 6.45) is 7.73. The monoisotopic (exact) mass is 329 g/mol. The molecule has 0 bridgehead atoms. The number of H-pyrrole nitrogens is 1. The molecule has 1 aliphatic carbocycles. The second kappa shape index (κ2) is 6.42. The molecule has 0 aromatic carbocycles. The molecule has 2 unspecified atom stereocenters. The number of allylic oxidation sites excluding steroid dienone is 2. The van der Waals surface area contributed by atoms with Crippen molar-refractivity contribution in [3.8, 4) is 5.88 Å². The summed E-state index contributed by atoms with van der Waals surface area (Å²) in [6.45, 7) is 11.0. The maximum absolute atomic E-state index is 12.9. The van der Waals surface area contributed by atoms with Crippen LogP contribution in [-0.4, -0.2) is 10.6 Å². The smallest absolute Gasteiger partial charge is 0.199 e. The van der Waals surface area contributed by atoms with Gasteiger partial charge in [0.05, 0.1) is 5.56 Å². The molecule has 0 amide bonds. The Bertz CT molecular complexity index is 698. The predicted molar refractivity (Wildman–Crippen MR) is 98.8 cm³/mol. The third-order valence-electron chi connectivity index (χ3n) is 6.11. The Morgan fingerprint density at radius 2 is 2.08 bits per heavy atom. The van der Waals surface area contributed by atoms with Gasteiger partial charge in [0.25, 0.3) is 0 Å². The number of fused-ring (bicyclic) bond motifs is 3. The van der Waals surface area contributed by atoms with Gasteiger partial charge in [0.2, 0.25) is 0 Å². The van der Waals surface area contributed by atoms with E-state index in [0.29, 0.717) is 11.8 Å². The van der Waals surface area contributed by atoms with Crippen LogP contribution in [0.3, 0.4) is 0 Å². The highest BCUT2D eigenvalue weighted by atomic mass is 16.5. The van der Waals surface area contributed by atoms with Crippen molar-refractivity contribution in [1.29, 1.82) is 0 Å². The number of hydrogen-bond acceptors (Lipinski definition) is 2. The number of aromatic nitrogens is 1. The quantitative estimate of drug-likeness (QED) is 0.626. The summed E-state index contributed by atoms with van der Waals surface area (Å²) in [5.41, 5.74) is 3.18. The molecule has 0 saturated carbocycles. The zero-order valence-corrected chi connectivity index (χ0v) is 15.7. The zero-order valence-electron chi connectivity index (χ0n) is 15.7. The molecule has 3 rings (SSSR count). The van der Waals surface area contributed by atoms with E-state index < -0.39 is 0 Å². The number of aromatic amines is 1. The van der Waals surface area contributed by atoms with E-state index in [1.54, 1.807) is 0 Å². The summed E-state index contributed by atoms with van der Waals surface area (Å²) in [7, 11) is 0. The highest BCUT2D eigenvalue weighted by Gasteiger charge is 2.48. The van der Waals surface area contributed by atoms with E-state index in [0.717, 1.165) is 36.4 Å². The minimum absolute atomic E-state index is 0.155. The van der Waals surface area contributed by atoms with Crippen LogP contribution in [0.25, 0.3) is 0 Å². The van der Waals surface area contributed by atoms with Gasteiger partial charge in [-0.25, -0.2) is 0 Å². The predicted octanol–water partition coefficient (Wildman–Crippen LogP) is 4.96. The Morgan fingerprint density at radius 3 is 2.79 bits per heavy atom. The Balaban J connectivity index is 2.03. The van der Waals surface area contributed by atoms with Crippen molar-refractivity contribution in [3.05, 3.63) is 39.2 Å². The van der Waals surface area contributed by atoms with Crippen LogP contribution in [0.1, 0.15) is 77.5 Å². The second-order valence-electron chi connectivity index (χ2n) is 8.17. The maximum atomic E-state index is 12.9.